The van der Waals surface area contributed by atoms with Gasteiger partial charge in [0.15, 0.2) is 0 Å². The van der Waals surface area contributed by atoms with E-state index in [0.717, 1.165) is 25.7 Å². The molecule has 2 aliphatic rings. The smallest absolute Gasteiger partial charge is 0.307 e. The van der Waals surface area contributed by atoms with E-state index in [2.05, 4.69) is 9.97 Å². The fraction of sp³-hybridized carbons (Fsp3) is 0.529. The molecule has 1 atom stereocenters. The van der Waals surface area contributed by atoms with Gasteiger partial charge in [-0.3, -0.25) is 4.79 Å². The molecule has 124 valence electrons. The highest BCUT2D eigenvalue weighted by atomic mass is 19.4. The average Bonchev–Trinajstić information content (AvgIpc) is 2.54. The second kappa shape index (κ2) is 6.34. The second-order valence-electron chi connectivity index (χ2n) is 6.23. The van der Waals surface area contributed by atoms with Crippen LogP contribution in [0.4, 0.5) is 13.2 Å². The lowest BCUT2D eigenvalue weighted by atomic mass is 9.86. The lowest BCUT2D eigenvalue weighted by Gasteiger charge is -2.25. The van der Waals surface area contributed by atoms with Crippen molar-refractivity contribution < 1.29 is 13.2 Å². The number of nitrogens with zero attached hydrogens (tertiary/aromatic N) is 1. The number of aromatic amines is 1. The fourth-order valence-electron chi connectivity index (χ4n) is 3.40. The Morgan fingerprint density at radius 2 is 1.91 bits per heavy atom. The molecule has 1 heterocycles. The molecule has 1 aromatic heterocycles. The molecule has 1 N–H and O–H groups in total. The van der Waals surface area contributed by atoms with Gasteiger partial charge in [-0.1, -0.05) is 37.5 Å². The predicted octanol–water partition coefficient (Wildman–Crippen LogP) is 4.34. The summed E-state index contributed by atoms with van der Waals surface area (Å²) in [6.45, 7) is 0. The zero-order valence-corrected chi connectivity index (χ0v) is 12.7. The van der Waals surface area contributed by atoms with Crippen LogP contribution in [0, 0.1) is 5.92 Å². The van der Waals surface area contributed by atoms with E-state index in [-0.39, 0.29) is 29.3 Å². The van der Waals surface area contributed by atoms with Crippen molar-refractivity contribution in [3.05, 3.63) is 46.2 Å². The zero-order chi connectivity index (χ0) is 16.4. The van der Waals surface area contributed by atoms with E-state index in [1.54, 1.807) is 6.08 Å². The zero-order valence-electron chi connectivity index (χ0n) is 12.7. The van der Waals surface area contributed by atoms with Crippen molar-refractivity contribution in [1.82, 2.24) is 9.97 Å². The molecular formula is C17H19F3N2O. The second-order valence-corrected chi connectivity index (χ2v) is 6.23. The van der Waals surface area contributed by atoms with Crippen LogP contribution in [0.15, 0.2) is 29.1 Å². The summed E-state index contributed by atoms with van der Waals surface area (Å²) in [5.41, 5.74) is 0.293. The average molecular weight is 324 g/mol. The molecule has 0 amide bonds. The molecule has 0 saturated heterocycles. The molecule has 0 bridgehead atoms. The van der Waals surface area contributed by atoms with Crippen molar-refractivity contribution in [2.24, 2.45) is 5.92 Å². The standard InChI is InChI=1S/C17H19F3N2O/c18-17(19,20)13-9-5-4-8-12(13)16-21-14(10-15(23)22-16)11-6-2-1-3-7-11/h4-5,8,10-11,13H,1-3,6-7,9H2,(H,21,22,23). The number of halogens is 3. The highest BCUT2D eigenvalue weighted by Gasteiger charge is 2.43. The van der Waals surface area contributed by atoms with E-state index in [1.807, 2.05) is 0 Å². The van der Waals surface area contributed by atoms with Gasteiger partial charge in [0, 0.05) is 17.6 Å². The van der Waals surface area contributed by atoms with Crippen molar-refractivity contribution in [2.75, 3.05) is 0 Å². The normalized spacial score (nSPS) is 22.9. The molecule has 6 heteroatoms. The van der Waals surface area contributed by atoms with E-state index in [9.17, 15) is 18.0 Å². The Balaban J connectivity index is 1.98. The first-order valence-corrected chi connectivity index (χ1v) is 8.00. The topological polar surface area (TPSA) is 45.8 Å². The Bertz CT molecular complexity index is 682. The van der Waals surface area contributed by atoms with Crippen LogP contribution in [-0.4, -0.2) is 16.1 Å². The van der Waals surface area contributed by atoms with Gasteiger partial charge in [-0.2, -0.15) is 13.2 Å². The summed E-state index contributed by atoms with van der Waals surface area (Å²) in [5.74, 6) is -1.38. The molecular weight excluding hydrogens is 305 g/mol. The number of hydrogen-bond acceptors (Lipinski definition) is 2. The minimum atomic E-state index is -4.35. The molecule has 1 aromatic rings. The van der Waals surface area contributed by atoms with Crippen LogP contribution in [0.1, 0.15) is 56.0 Å². The van der Waals surface area contributed by atoms with Gasteiger partial charge in [0.05, 0.1) is 11.6 Å². The van der Waals surface area contributed by atoms with Crippen LogP contribution in [0.3, 0.4) is 0 Å². The van der Waals surface area contributed by atoms with Crippen molar-refractivity contribution in [3.8, 4) is 0 Å². The quantitative estimate of drug-likeness (QED) is 0.879. The minimum absolute atomic E-state index is 0.0507. The Hall–Kier alpha value is -1.85. The van der Waals surface area contributed by atoms with Crippen molar-refractivity contribution in [3.63, 3.8) is 0 Å². The molecule has 1 unspecified atom stereocenters. The molecule has 1 saturated carbocycles. The van der Waals surface area contributed by atoms with Gasteiger partial charge in [-0.15, -0.1) is 0 Å². The van der Waals surface area contributed by atoms with E-state index < -0.39 is 12.1 Å². The summed E-state index contributed by atoms with van der Waals surface area (Å²) in [4.78, 5) is 18.8. The Labute approximate surface area is 132 Å². The lowest BCUT2D eigenvalue weighted by Crippen LogP contribution is -2.27. The maximum Gasteiger partial charge on any atom is 0.396 e. The van der Waals surface area contributed by atoms with Crippen LogP contribution < -0.4 is 5.56 Å². The Kier molecular flexibility index (Phi) is 4.41. The molecule has 23 heavy (non-hydrogen) atoms. The Morgan fingerprint density at radius 3 is 2.61 bits per heavy atom. The molecule has 2 aliphatic carbocycles. The van der Waals surface area contributed by atoms with Gasteiger partial charge in [0.25, 0.3) is 5.56 Å². The summed E-state index contributed by atoms with van der Waals surface area (Å²) in [6, 6.07) is 1.43. The van der Waals surface area contributed by atoms with Gasteiger partial charge in [0.2, 0.25) is 0 Å². The SMILES string of the molecule is O=c1cc(C2CCCCC2)nc(C2=CC=CCC2C(F)(F)F)[nH]1. The molecule has 0 aromatic carbocycles. The molecule has 0 aliphatic heterocycles. The van der Waals surface area contributed by atoms with Crippen LogP contribution in [0.25, 0.3) is 5.57 Å². The molecule has 0 spiro atoms. The van der Waals surface area contributed by atoms with Crippen molar-refractivity contribution >= 4 is 5.57 Å². The molecule has 3 rings (SSSR count). The van der Waals surface area contributed by atoms with E-state index in [0.29, 0.717) is 5.69 Å². The third-order valence-electron chi connectivity index (χ3n) is 4.61. The monoisotopic (exact) mass is 324 g/mol. The number of allylic oxidation sites excluding steroid dienone is 4. The Morgan fingerprint density at radius 1 is 1.17 bits per heavy atom. The lowest BCUT2D eigenvalue weighted by molar-refractivity contribution is -0.157. The molecule has 0 radical (unpaired) electrons. The van der Waals surface area contributed by atoms with Crippen LogP contribution >= 0.6 is 0 Å². The van der Waals surface area contributed by atoms with Gasteiger partial charge in [-0.25, -0.2) is 4.98 Å². The third kappa shape index (κ3) is 3.57. The number of H-pyrrole nitrogens is 1. The first-order valence-electron chi connectivity index (χ1n) is 8.00. The number of aromatic nitrogens is 2. The first kappa shape index (κ1) is 16.0. The number of nitrogens with one attached hydrogen (secondary N) is 1. The highest BCUT2D eigenvalue weighted by Crippen LogP contribution is 2.40. The van der Waals surface area contributed by atoms with Gasteiger partial charge in [0.1, 0.15) is 5.82 Å². The van der Waals surface area contributed by atoms with Crippen LogP contribution in [0.5, 0.6) is 0 Å². The van der Waals surface area contributed by atoms with Gasteiger partial charge in [-0.05, 0) is 19.3 Å². The summed E-state index contributed by atoms with van der Waals surface area (Å²) >= 11 is 0. The number of alkyl halides is 3. The van der Waals surface area contributed by atoms with Gasteiger partial charge < -0.3 is 4.98 Å². The first-order chi connectivity index (χ1) is 10.9. The minimum Gasteiger partial charge on any atom is -0.307 e. The van der Waals surface area contributed by atoms with Crippen molar-refractivity contribution in [1.29, 1.82) is 0 Å². The maximum atomic E-state index is 13.2. The predicted molar refractivity (Wildman–Crippen MR) is 82.0 cm³/mol. The third-order valence-corrected chi connectivity index (χ3v) is 4.61. The maximum absolute atomic E-state index is 13.2. The number of rotatable bonds is 2. The van der Waals surface area contributed by atoms with Crippen molar-refractivity contribution in [2.45, 2.75) is 50.6 Å². The summed E-state index contributed by atoms with van der Waals surface area (Å²) in [7, 11) is 0. The van der Waals surface area contributed by atoms with E-state index in [1.165, 1.54) is 24.6 Å². The van der Waals surface area contributed by atoms with Crippen LogP contribution in [0.2, 0.25) is 0 Å². The summed E-state index contributed by atoms with van der Waals surface area (Å²) < 4.78 is 39.7. The molecule has 1 fully saturated rings. The number of hydrogen-bond donors (Lipinski definition) is 1. The van der Waals surface area contributed by atoms with Crippen LogP contribution in [-0.2, 0) is 0 Å². The summed E-state index contributed by atoms with van der Waals surface area (Å²) in [6.07, 6.45) is 5.22. The van der Waals surface area contributed by atoms with E-state index in [4.69, 9.17) is 0 Å². The largest absolute Gasteiger partial charge is 0.396 e. The van der Waals surface area contributed by atoms with E-state index >= 15 is 0 Å². The fourth-order valence-corrected chi connectivity index (χ4v) is 3.40. The van der Waals surface area contributed by atoms with Gasteiger partial charge >= 0.3 is 6.18 Å². The summed E-state index contributed by atoms with van der Waals surface area (Å²) in [5, 5.41) is 0. The molecule has 3 nitrogen and oxygen atoms in total. The highest BCUT2D eigenvalue weighted by molar-refractivity contribution is 5.66.